The normalized spacial score (nSPS) is 25.3. The summed E-state index contributed by atoms with van der Waals surface area (Å²) in [5.74, 6) is 0.664. The Kier molecular flexibility index (Phi) is 5.02. The van der Waals surface area contributed by atoms with Crippen molar-refractivity contribution in [1.29, 1.82) is 0 Å². The van der Waals surface area contributed by atoms with E-state index in [0.717, 1.165) is 49.2 Å². The number of nitrogens with zero attached hydrogens (tertiary/aromatic N) is 1. The second-order valence-corrected chi connectivity index (χ2v) is 8.65. The predicted octanol–water partition coefficient (Wildman–Crippen LogP) is 2.11. The van der Waals surface area contributed by atoms with Crippen LogP contribution in [-0.2, 0) is 16.8 Å². The zero-order valence-electron chi connectivity index (χ0n) is 17.8. The summed E-state index contributed by atoms with van der Waals surface area (Å²) < 4.78 is 5.35. The van der Waals surface area contributed by atoms with Gasteiger partial charge in [0.05, 0.1) is 20.2 Å². The van der Waals surface area contributed by atoms with Gasteiger partial charge >= 0.3 is 6.03 Å². The number of nitrogens with one attached hydrogen (secondary N) is 2. The molecule has 1 saturated heterocycles. The average Bonchev–Trinajstić information content (AvgIpc) is 3.04. The Balaban J connectivity index is 1.34. The second-order valence-electron chi connectivity index (χ2n) is 8.65. The van der Waals surface area contributed by atoms with Gasteiger partial charge < -0.3 is 15.0 Å². The molecule has 2 N–H and O–H groups in total. The van der Waals surface area contributed by atoms with E-state index in [1.807, 2.05) is 24.3 Å². The van der Waals surface area contributed by atoms with Crippen LogP contribution < -0.4 is 15.0 Å². The van der Waals surface area contributed by atoms with Crippen LogP contribution in [0.4, 0.5) is 4.79 Å². The first kappa shape index (κ1) is 19.8. The Morgan fingerprint density at radius 1 is 1.13 bits per heavy atom. The standard InChI is InChI=1S/C25H27N3O3/c1-31-21-9-10-22-20(16-21)8-5-13-25(22)23(29)28(24(30)26-25)17-27-14-11-19(12-15-27)18-6-3-2-4-7-18/h2-4,6-7,9-11,16H,5,8,12-15,17H2,1H3,(H,26,30)/p+1/t25-/m1/s1. The quantitative estimate of drug-likeness (QED) is 0.748. The molecule has 1 aliphatic carbocycles. The van der Waals surface area contributed by atoms with E-state index in [-0.39, 0.29) is 11.9 Å². The van der Waals surface area contributed by atoms with Gasteiger partial charge in [-0.2, -0.15) is 0 Å². The fraction of sp³-hybridized carbons (Fsp3) is 0.360. The van der Waals surface area contributed by atoms with Crippen molar-refractivity contribution in [1.82, 2.24) is 10.2 Å². The van der Waals surface area contributed by atoms with Crippen LogP contribution in [0.25, 0.3) is 5.57 Å². The van der Waals surface area contributed by atoms with Gasteiger partial charge in [0.1, 0.15) is 11.3 Å². The summed E-state index contributed by atoms with van der Waals surface area (Å²) in [7, 11) is 1.64. The molecule has 1 spiro atoms. The number of benzene rings is 2. The highest BCUT2D eigenvalue weighted by molar-refractivity contribution is 6.07. The van der Waals surface area contributed by atoms with Crippen LogP contribution in [-0.4, -0.2) is 43.7 Å². The molecule has 2 aromatic rings. The number of amides is 3. The zero-order chi connectivity index (χ0) is 21.4. The highest BCUT2D eigenvalue weighted by Crippen LogP contribution is 2.40. The number of fused-ring (bicyclic) bond motifs is 2. The lowest BCUT2D eigenvalue weighted by Gasteiger charge is -2.33. The number of carbonyl (C=O) groups is 2. The first-order valence-corrected chi connectivity index (χ1v) is 11.0. The Hall–Kier alpha value is -3.12. The van der Waals surface area contributed by atoms with E-state index in [1.54, 1.807) is 7.11 Å². The highest BCUT2D eigenvalue weighted by Gasteiger charge is 2.54. The van der Waals surface area contributed by atoms with Crippen molar-refractivity contribution in [2.45, 2.75) is 31.2 Å². The Morgan fingerprint density at radius 2 is 1.97 bits per heavy atom. The number of hydrogen-bond donors (Lipinski definition) is 2. The molecule has 6 nitrogen and oxygen atoms in total. The third-order valence-corrected chi connectivity index (χ3v) is 6.86. The molecule has 1 unspecified atom stereocenters. The summed E-state index contributed by atoms with van der Waals surface area (Å²) in [6, 6.07) is 15.9. The fourth-order valence-electron chi connectivity index (χ4n) is 5.19. The molecule has 6 heteroatoms. The Labute approximate surface area is 182 Å². The van der Waals surface area contributed by atoms with Crippen LogP contribution in [0.3, 0.4) is 0 Å². The van der Waals surface area contributed by atoms with Gasteiger partial charge in [-0.3, -0.25) is 4.79 Å². The summed E-state index contributed by atoms with van der Waals surface area (Å²) >= 11 is 0. The molecule has 160 valence electrons. The first-order valence-electron chi connectivity index (χ1n) is 11.0. The van der Waals surface area contributed by atoms with Gasteiger partial charge in [0.15, 0.2) is 6.67 Å². The molecule has 31 heavy (non-hydrogen) atoms. The van der Waals surface area contributed by atoms with Crippen LogP contribution in [0.15, 0.2) is 54.6 Å². The molecule has 1 fully saturated rings. The lowest BCUT2D eigenvalue weighted by molar-refractivity contribution is -0.902. The monoisotopic (exact) mass is 418 g/mol. The summed E-state index contributed by atoms with van der Waals surface area (Å²) in [5.41, 5.74) is 3.66. The molecule has 3 amide bonds. The smallest absolute Gasteiger partial charge is 0.329 e. The van der Waals surface area contributed by atoms with Gasteiger partial charge in [0.2, 0.25) is 0 Å². The van der Waals surface area contributed by atoms with Crippen molar-refractivity contribution in [3.63, 3.8) is 0 Å². The van der Waals surface area contributed by atoms with Crippen molar-refractivity contribution < 1.29 is 19.2 Å². The molecule has 2 heterocycles. The molecule has 5 rings (SSSR count). The average molecular weight is 419 g/mol. The number of urea groups is 1. The minimum atomic E-state index is -0.933. The number of hydrogen-bond acceptors (Lipinski definition) is 3. The summed E-state index contributed by atoms with van der Waals surface area (Å²) in [6.45, 7) is 2.11. The molecule has 2 atom stereocenters. The molecule has 0 saturated carbocycles. The number of quaternary nitrogens is 1. The van der Waals surface area contributed by atoms with E-state index in [0.29, 0.717) is 13.1 Å². The van der Waals surface area contributed by atoms with E-state index < -0.39 is 5.54 Å². The van der Waals surface area contributed by atoms with Crippen LogP contribution in [0, 0.1) is 0 Å². The number of methoxy groups -OCH3 is 1. The third-order valence-electron chi connectivity index (χ3n) is 6.86. The van der Waals surface area contributed by atoms with Gasteiger partial charge in [0, 0.05) is 6.42 Å². The minimum absolute atomic E-state index is 0.117. The van der Waals surface area contributed by atoms with Crippen molar-refractivity contribution >= 4 is 17.5 Å². The first-order chi connectivity index (χ1) is 15.1. The largest absolute Gasteiger partial charge is 0.497 e. The maximum atomic E-state index is 13.6. The van der Waals surface area contributed by atoms with E-state index in [1.165, 1.54) is 20.9 Å². The Bertz CT molecular complexity index is 1050. The fourth-order valence-corrected chi connectivity index (χ4v) is 5.19. The van der Waals surface area contributed by atoms with Gasteiger partial charge in [0.25, 0.3) is 5.91 Å². The molecule has 2 aromatic carbocycles. The topological polar surface area (TPSA) is 63.1 Å². The molecule has 0 bridgehead atoms. The molecule has 0 aromatic heterocycles. The van der Waals surface area contributed by atoms with Crippen LogP contribution in [0.2, 0.25) is 0 Å². The van der Waals surface area contributed by atoms with Crippen LogP contribution in [0.1, 0.15) is 36.0 Å². The van der Waals surface area contributed by atoms with E-state index in [9.17, 15) is 9.59 Å². The molecular formula is C25H28N3O3+. The van der Waals surface area contributed by atoms with Gasteiger partial charge in [-0.1, -0.05) is 36.4 Å². The maximum absolute atomic E-state index is 13.6. The van der Waals surface area contributed by atoms with Crippen LogP contribution >= 0.6 is 0 Å². The van der Waals surface area contributed by atoms with Gasteiger partial charge in [-0.15, -0.1) is 0 Å². The number of aryl methyl sites for hydroxylation is 1. The lowest BCUT2D eigenvalue weighted by Crippen LogP contribution is -3.14. The Morgan fingerprint density at radius 3 is 2.71 bits per heavy atom. The maximum Gasteiger partial charge on any atom is 0.329 e. The second kappa shape index (κ2) is 7.85. The van der Waals surface area contributed by atoms with Crippen LogP contribution in [0.5, 0.6) is 5.75 Å². The lowest BCUT2D eigenvalue weighted by atomic mass is 9.76. The van der Waals surface area contributed by atoms with Crippen molar-refractivity contribution in [3.05, 3.63) is 71.3 Å². The van der Waals surface area contributed by atoms with Gasteiger partial charge in [-0.05, 0) is 59.7 Å². The summed E-state index contributed by atoms with van der Waals surface area (Å²) in [5, 5.41) is 3.05. The predicted molar refractivity (Wildman–Crippen MR) is 118 cm³/mol. The molecular weight excluding hydrogens is 390 g/mol. The van der Waals surface area contributed by atoms with Crippen molar-refractivity contribution in [2.75, 3.05) is 26.9 Å². The minimum Gasteiger partial charge on any atom is -0.497 e. The van der Waals surface area contributed by atoms with E-state index in [2.05, 4.69) is 35.7 Å². The number of imide groups is 1. The molecule has 2 aliphatic heterocycles. The number of carbonyl (C=O) groups excluding carboxylic acids is 2. The SMILES string of the molecule is COc1ccc2c(c1)CCC[C@@]21NC(=O)N(C[NH+]2CC=C(c3ccccc3)CC2)C1=O. The third kappa shape index (κ3) is 3.41. The number of rotatable bonds is 4. The zero-order valence-corrected chi connectivity index (χ0v) is 17.8. The van der Waals surface area contributed by atoms with Gasteiger partial charge in [-0.25, -0.2) is 9.69 Å². The number of ether oxygens (including phenoxy) is 1. The van der Waals surface area contributed by atoms with Crippen molar-refractivity contribution in [2.24, 2.45) is 0 Å². The van der Waals surface area contributed by atoms with E-state index in [4.69, 9.17) is 4.74 Å². The summed E-state index contributed by atoms with van der Waals surface area (Å²) in [4.78, 5) is 29.1. The molecule has 3 aliphatic rings. The summed E-state index contributed by atoms with van der Waals surface area (Å²) in [6.07, 6.45) is 5.57. The van der Waals surface area contributed by atoms with E-state index >= 15 is 0 Å². The molecule has 0 radical (unpaired) electrons. The van der Waals surface area contributed by atoms with Crippen molar-refractivity contribution in [3.8, 4) is 5.75 Å². The highest BCUT2D eigenvalue weighted by atomic mass is 16.5.